The Morgan fingerprint density at radius 3 is 2.68 bits per heavy atom. The van der Waals surface area contributed by atoms with Crippen molar-refractivity contribution in [1.29, 1.82) is 0 Å². The van der Waals surface area contributed by atoms with Crippen molar-refractivity contribution in [3.05, 3.63) is 21.9 Å². The number of hydrogen-bond acceptors (Lipinski definition) is 4. The lowest BCUT2D eigenvalue weighted by Gasteiger charge is -2.25. The van der Waals surface area contributed by atoms with Gasteiger partial charge in [0.2, 0.25) is 10.0 Å². The molecule has 0 bridgehead atoms. The predicted octanol–water partition coefficient (Wildman–Crippen LogP) is 2.28. The molecule has 1 rings (SSSR count). The Kier molecular flexibility index (Phi) is 6.19. The van der Waals surface area contributed by atoms with Crippen molar-refractivity contribution in [2.24, 2.45) is 0 Å². The van der Waals surface area contributed by atoms with Gasteiger partial charge in [0.25, 0.3) is 0 Å². The third-order valence-electron chi connectivity index (χ3n) is 2.47. The lowest BCUT2D eigenvalue weighted by Crippen LogP contribution is -2.38. The van der Waals surface area contributed by atoms with Crippen LogP contribution in [0.5, 0.6) is 0 Å². The zero-order valence-corrected chi connectivity index (χ0v) is 13.8. The van der Waals surface area contributed by atoms with Gasteiger partial charge in [-0.2, -0.15) is 4.31 Å². The maximum atomic E-state index is 12.6. The van der Waals surface area contributed by atoms with E-state index in [4.69, 9.17) is 16.7 Å². The molecule has 19 heavy (non-hydrogen) atoms. The number of rotatable bonds is 6. The van der Waals surface area contributed by atoms with E-state index in [1.807, 2.05) is 0 Å². The Morgan fingerprint density at radius 2 is 2.16 bits per heavy atom. The highest BCUT2D eigenvalue weighted by atomic mass is 79.9. The molecule has 0 atom stereocenters. The maximum Gasteiger partial charge on any atom is 0.246 e. The minimum absolute atomic E-state index is 0.0322. The van der Waals surface area contributed by atoms with Gasteiger partial charge in [-0.3, -0.25) is 0 Å². The zero-order valence-electron chi connectivity index (χ0n) is 10.7. The fraction of sp³-hybridized carbons (Fsp3) is 0.545. The zero-order chi connectivity index (χ0) is 14.6. The number of nitrogens with zero attached hydrogens (tertiary/aromatic N) is 2. The molecule has 0 aliphatic heterocycles. The summed E-state index contributed by atoms with van der Waals surface area (Å²) in [5, 5.41) is 8.81. The molecule has 108 valence electrons. The van der Waals surface area contributed by atoms with E-state index in [-0.39, 0.29) is 29.2 Å². The lowest BCUT2D eigenvalue weighted by molar-refractivity contribution is 0.258. The van der Waals surface area contributed by atoms with Gasteiger partial charge in [0.1, 0.15) is 10.0 Å². The minimum Gasteiger partial charge on any atom is -0.396 e. The average Bonchev–Trinajstić information content (AvgIpc) is 2.32. The fourth-order valence-electron chi connectivity index (χ4n) is 1.59. The molecule has 1 heterocycles. The van der Waals surface area contributed by atoms with Crippen LogP contribution in [0.1, 0.15) is 20.3 Å². The lowest BCUT2D eigenvalue weighted by atomic mass is 10.3. The van der Waals surface area contributed by atoms with Crippen molar-refractivity contribution in [3.8, 4) is 0 Å². The van der Waals surface area contributed by atoms with Crippen LogP contribution in [0.25, 0.3) is 0 Å². The van der Waals surface area contributed by atoms with Gasteiger partial charge in [0.05, 0.1) is 0 Å². The Balaban J connectivity index is 3.22. The van der Waals surface area contributed by atoms with Crippen LogP contribution in [0.2, 0.25) is 5.15 Å². The van der Waals surface area contributed by atoms with E-state index in [9.17, 15) is 8.42 Å². The summed E-state index contributed by atoms with van der Waals surface area (Å²) in [5.41, 5.74) is 0. The molecular weight excluding hydrogens is 356 g/mol. The van der Waals surface area contributed by atoms with Gasteiger partial charge in [0, 0.05) is 29.9 Å². The molecular formula is C11H16BrClN2O3S. The molecule has 5 nitrogen and oxygen atoms in total. The van der Waals surface area contributed by atoms with Crippen molar-refractivity contribution in [2.45, 2.75) is 31.2 Å². The molecule has 8 heteroatoms. The summed E-state index contributed by atoms with van der Waals surface area (Å²) in [5.74, 6) is 0. The second kappa shape index (κ2) is 6.99. The van der Waals surface area contributed by atoms with Crippen LogP contribution < -0.4 is 0 Å². The number of aliphatic hydroxyl groups excluding tert-OH is 1. The fourth-order valence-corrected chi connectivity index (χ4v) is 4.19. The summed E-state index contributed by atoms with van der Waals surface area (Å²) < 4.78 is 27.0. The predicted molar refractivity (Wildman–Crippen MR) is 77.7 cm³/mol. The van der Waals surface area contributed by atoms with Crippen LogP contribution in [-0.4, -0.2) is 42.0 Å². The summed E-state index contributed by atoms with van der Waals surface area (Å²) in [6.07, 6.45) is 1.81. The van der Waals surface area contributed by atoms with Crippen molar-refractivity contribution < 1.29 is 13.5 Å². The van der Waals surface area contributed by atoms with E-state index in [0.29, 0.717) is 10.9 Å². The van der Waals surface area contributed by atoms with Crippen LogP contribution >= 0.6 is 27.5 Å². The summed E-state index contributed by atoms with van der Waals surface area (Å²) in [6, 6.07) is 1.20. The molecule has 0 aliphatic rings. The Labute approximate surface area is 126 Å². The van der Waals surface area contributed by atoms with E-state index in [2.05, 4.69) is 20.9 Å². The molecule has 0 saturated heterocycles. The Bertz CT molecular complexity index is 537. The first kappa shape index (κ1) is 16.8. The van der Waals surface area contributed by atoms with Crippen LogP contribution in [-0.2, 0) is 10.0 Å². The third-order valence-corrected chi connectivity index (χ3v) is 5.41. The Morgan fingerprint density at radius 1 is 1.53 bits per heavy atom. The van der Waals surface area contributed by atoms with Crippen LogP contribution in [0.4, 0.5) is 0 Å². The van der Waals surface area contributed by atoms with Gasteiger partial charge in [-0.25, -0.2) is 13.4 Å². The summed E-state index contributed by atoms with van der Waals surface area (Å²) in [4.78, 5) is 3.80. The highest BCUT2D eigenvalue weighted by Gasteiger charge is 2.29. The summed E-state index contributed by atoms with van der Waals surface area (Å²) in [7, 11) is -3.73. The highest BCUT2D eigenvalue weighted by molar-refractivity contribution is 9.10. The molecule has 0 aromatic carbocycles. The second-order valence-corrected chi connectivity index (χ2v) is 7.36. The van der Waals surface area contributed by atoms with Crippen LogP contribution in [0.15, 0.2) is 21.6 Å². The SMILES string of the molecule is CC(C)N(CCCO)S(=O)(=O)c1cc(Br)cnc1Cl. The highest BCUT2D eigenvalue weighted by Crippen LogP contribution is 2.27. The van der Waals surface area contributed by atoms with Crippen molar-refractivity contribution in [2.75, 3.05) is 13.2 Å². The standard InChI is InChI=1S/C11H16BrClN2O3S/c1-8(2)15(4-3-5-16)19(17,18)10-6-9(12)7-14-11(10)13/h6-8,16H,3-5H2,1-2H3. The van der Waals surface area contributed by atoms with E-state index in [1.54, 1.807) is 13.8 Å². The first-order chi connectivity index (χ1) is 8.80. The maximum absolute atomic E-state index is 12.6. The smallest absolute Gasteiger partial charge is 0.246 e. The van der Waals surface area contributed by atoms with Gasteiger partial charge in [0.15, 0.2) is 0 Å². The van der Waals surface area contributed by atoms with E-state index in [0.717, 1.165) is 0 Å². The first-order valence-electron chi connectivity index (χ1n) is 5.74. The van der Waals surface area contributed by atoms with Gasteiger partial charge in [-0.05, 0) is 42.3 Å². The second-order valence-electron chi connectivity index (χ2n) is 4.23. The van der Waals surface area contributed by atoms with E-state index in [1.165, 1.54) is 16.6 Å². The Hall–Kier alpha value is -0.210. The van der Waals surface area contributed by atoms with Crippen LogP contribution in [0, 0.1) is 0 Å². The molecule has 0 saturated carbocycles. The molecule has 0 aliphatic carbocycles. The normalized spacial score (nSPS) is 12.4. The molecule has 0 amide bonds. The molecule has 1 aromatic heterocycles. The van der Waals surface area contributed by atoms with Crippen molar-refractivity contribution >= 4 is 37.6 Å². The van der Waals surface area contributed by atoms with Gasteiger partial charge in [-0.1, -0.05) is 11.6 Å². The third kappa shape index (κ3) is 4.13. The van der Waals surface area contributed by atoms with Gasteiger partial charge < -0.3 is 5.11 Å². The largest absolute Gasteiger partial charge is 0.396 e. The number of aromatic nitrogens is 1. The molecule has 0 spiro atoms. The molecule has 0 fully saturated rings. The monoisotopic (exact) mass is 370 g/mol. The van der Waals surface area contributed by atoms with Crippen molar-refractivity contribution in [1.82, 2.24) is 9.29 Å². The first-order valence-corrected chi connectivity index (χ1v) is 8.35. The topological polar surface area (TPSA) is 70.5 Å². The number of halogens is 2. The van der Waals surface area contributed by atoms with Gasteiger partial charge in [-0.15, -0.1) is 0 Å². The van der Waals surface area contributed by atoms with Crippen LogP contribution in [0.3, 0.4) is 0 Å². The minimum atomic E-state index is -3.73. The number of pyridine rings is 1. The molecule has 0 radical (unpaired) electrons. The molecule has 0 unspecified atom stereocenters. The van der Waals surface area contributed by atoms with Crippen molar-refractivity contribution in [3.63, 3.8) is 0 Å². The molecule has 1 aromatic rings. The summed E-state index contributed by atoms with van der Waals surface area (Å²) >= 11 is 9.06. The number of sulfonamides is 1. The van der Waals surface area contributed by atoms with E-state index < -0.39 is 10.0 Å². The quantitative estimate of drug-likeness (QED) is 0.779. The molecule has 1 N–H and O–H groups in total. The number of aliphatic hydroxyl groups is 1. The van der Waals surface area contributed by atoms with E-state index >= 15 is 0 Å². The van der Waals surface area contributed by atoms with Gasteiger partial charge >= 0.3 is 0 Å². The average molecular weight is 372 g/mol. The number of hydrogen-bond donors (Lipinski definition) is 1. The summed E-state index contributed by atoms with van der Waals surface area (Å²) in [6.45, 7) is 3.71.